The number of anilines is 2. The smallest absolute Gasteiger partial charge is 0.175 e. The van der Waals surface area contributed by atoms with Gasteiger partial charge in [-0.05, 0) is 55.0 Å². The molecule has 0 aliphatic heterocycles. The zero-order valence-electron chi connectivity index (χ0n) is 10.5. The summed E-state index contributed by atoms with van der Waals surface area (Å²) in [4.78, 5) is 0. The van der Waals surface area contributed by atoms with E-state index >= 15 is 0 Å². The van der Waals surface area contributed by atoms with Gasteiger partial charge in [0.05, 0.1) is 5.69 Å². The summed E-state index contributed by atoms with van der Waals surface area (Å²) in [5.41, 5.74) is 2.01. The molecule has 0 aromatic heterocycles. The molecular weight excluding hydrogens is 318 g/mol. The number of aryl methyl sites for hydroxylation is 1. The molecule has 0 fully saturated rings. The van der Waals surface area contributed by atoms with Gasteiger partial charge in [0.25, 0.3) is 0 Å². The number of hydrogen-bond acceptors (Lipinski definition) is 1. The van der Waals surface area contributed by atoms with Gasteiger partial charge >= 0.3 is 0 Å². The Kier molecular flexibility index (Phi) is 4.81. The number of benzene rings is 2. The van der Waals surface area contributed by atoms with E-state index in [1.54, 1.807) is 18.2 Å². The van der Waals surface area contributed by atoms with E-state index in [9.17, 15) is 4.39 Å². The minimum absolute atomic E-state index is 0.256. The fourth-order valence-corrected chi connectivity index (χ4v) is 2.15. The second-order valence-electron chi connectivity index (χ2n) is 4.16. The number of thiocarbonyl (C=S) groups is 1. The van der Waals surface area contributed by atoms with Gasteiger partial charge < -0.3 is 10.6 Å². The standard InChI is InChI=1S/C14H11Cl2FN2S/c1-8-2-3-10(16)7-13(8)19-14(20)18-12-5-4-9(15)6-11(12)17/h2-7H,1H3,(H2,18,19,20). The number of nitrogens with one attached hydrogen (secondary N) is 2. The Bertz CT molecular complexity index is 662. The minimum atomic E-state index is -0.468. The van der Waals surface area contributed by atoms with Crippen molar-refractivity contribution in [1.82, 2.24) is 0 Å². The molecule has 0 unspecified atom stereocenters. The van der Waals surface area contributed by atoms with E-state index in [-0.39, 0.29) is 10.8 Å². The maximum atomic E-state index is 13.6. The van der Waals surface area contributed by atoms with Crippen LogP contribution in [0.3, 0.4) is 0 Å². The van der Waals surface area contributed by atoms with Crippen molar-refractivity contribution >= 4 is 51.9 Å². The molecule has 0 amide bonds. The molecule has 2 N–H and O–H groups in total. The van der Waals surface area contributed by atoms with Crippen molar-refractivity contribution in [2.75, 3.05) is 10.6 Å². The summed E-state index contributed by atoms with van der Waals surface area (Å²) in [7, 11) is 0. The molecule has 0 atom stereocenters. The van der Waals surface area contributed by atoms with Gasteiger partial charge in [0.15, 0.2) is 5.11 Å². The zero-order valence-corrected chi connectivity index (χ0v) is 12.8. The SMILES string of the molecule is Cc1ccc(Cl)cc1NC(=S)Nc1ccc(Cl)cc1F. The first-order valence-electron chi connectivity index (χ1n) is 5.75. The lowest BCUT2D eigenvalue weighted by Gasteiger charge is -2.13. The lowest BCUT2D eigenvalue weighted by atomic mass is 10.2. The summed E-state index contributed by atoms with van der Waals surface area (Å²) < 4.78 is 13.6. The fraction of sp³-hybridized carbons (Fsp3) is 0.0714. The molecule has 0 aliphatic rings. The Morgan fingerprint density at radius 3 is 2.30 bits per heavy atom. The highest BCUT2D eigenvalue weighted by Crippen LogP contribution is 2.22. The summed E-state index contributed by atoms with van der Waals surface area (Å²) in [5, 5.41) is 6.96. The second kappa shape index (κ2) is 6.39. The number of rotatable bonds is 2. The average molecular weight is 329 g/mol. The van der Waals surface area contributed by atoms with E-state index in [1.807, 2.05) is 13.0 Å². The first-order valence-corrected chi connectivity index (χ1v) is 6.91. The van der Waals surface area contributed by atoms with Gasteiger partial charge in [-0.1, -0.05) is 29.3 Å². The van der Waals surface area contributed by atoms with E-state index < -0.39 is 5.82 Å². The number of hydrogen-bond donors (Lipinski definition) is 2. The van der Waals surface area contributed by atoms with Crippen LogP contribution in [0.2, 0.25) is 10.0 Å². The summed E-state index contributed by atoms with van der Waals surface area (Å²) >= 11 is 16.8. The third-order valence-corrected chi connectivity index (χ3v) is 3.30. The van der Waals surface area contributed by atoms with Crippen molar-refractivity contribution in [1.29, 1.82) is 0 Å². The Balaban J connectivity index is 2.11. The molecule has 0 bridgehead atoms. The quantitative estimate of drug-likeness (QED) is 0.736. The molecule has 0 heterocycles. The maximum Gasteiger partial charge on any atom is 0.175 e. The fourth-order valence-electron chi connectivity index (χ4n) is 1.60. The van der Waals surface area contributed by atoms with Crippen LogP contribution in [0.4, 0.5) is 15.8 Å². The van der Waals surface area contributed by atoms with Crippen molar-refractivity contribution in [2.24, 2.45) is 0 Å². The van der Waals surface area contributed by atoms with Gasteiger partial charge in [-0.15, -0.1) is 0 Å². The number of halogens is 3. The van der Waals surface area contributed by atoms with Crippen molar-refractivity contribution < 1.29 is 4.39 Å². The highest BCUT2D eigenvalue weighted by molar-refractivity contribution is 7.80. The molecule has 0 spiro atoms. The monoisotopic (exact) mass is 328 g/mol. The van der Waals surface area contributed by atoms with E-state index in [0.29, 0.717) is 10.0 Å². The molecule has 0 saturated heterocycles. The molecule has 2 aromatic carbocycles. The lowest BCUT2D eigenvalue weighted by molar-refractivity contribution is 0.632. The molecule has 104 valence electrons. The first-order chi connectivity index (χ1) is 9.45. The predicted octanol–water partition coefficient (Wildman–Crippen LogP) is 5.25. The van der Waals surface area contributed by atoms with Gasteiger partial charge in [-0.25, -0.2) is 4.39 Å². The van der Waals surface area contributed by atoms with E-state index in [2.05, 4.69) is 10.6 Å². The molecule has 0 saturated carbocycles. The molecule has 20 heavy (non-hydrogen) atoms. The normalized spacial score (nSPS) is 10.2. The first kappa shape index (κ1) is 15.0. The summed E-state index contributed by atoms with van der Waals surface area (Å²) in [6.07, 6.45) is 0. The largest absolute Gasteiger partial charge is 0.332 e. The zero-order chi connectivity index (χ0) is 14.7. The van der Waals surface area contributed by atoms with Gasteiger partial charge in [0, 0.05) is 15.7 Å². The molecule has 2 aromatic rings. The van der Waals surface area contributed by atoms with Crippen LogP contribution in [0, 0.1) is 12.7 Å². The average Bonchev–Trinajstić information content (AvgIpc) is 2.37. The molecular formula is C14H11Cl2FN2S. The van der Waals surface area contributed by atoms with Crippen LogP contribution in [0.5, 0.6) is 0 Å². The molecule has 0 aliphatic carbocycles. The Morgan fingerprint density at radius 2 is 1.60 bits per heavy atom. The van der Waals surface area contributed by atoms with Crippen molar-refractivity contribution in [3.05, 3.63) is 57.8 Å². The third kappa shape index (κ3) is 3.82. The van der Waals surface area contributed by atoms with E-state index in [1.165, 1.54) is 12.1 Å². The maximum absolute atomic E-state index is 13.6. The Hall–Kier alpha value is -1.36. The van der Waals surface area contributed by atoms with Crippen LogP contribution in [0.15, 0.2) is 36.4 Å². The molecule has 6 heteroatoms. The van der Waals surface area contributed by atoms with Crippen LogP contribution in [0.25, 0.3) is 0 Å². The topological polar surface area (TPSA) is 24.1 Å². The van der Waals surface area contributed by atoms with Crippen LogP contribution >= 0.6 is 35.4 Å². The molecule has 2 nitrogen and oxygen atoms in total. The molecule has 2 rings (SSSR count). The Morgan fingerprint density at radius 1 is 1.00 bits per heavy atom. The van der Waals surface area contributed by atoms with Crippen molar-refractivity contribution in [3.63, 3.8) is 0 Å². The summed E-state index contributed by atoms with van der Waals surface area (Å²) in [6.45, 7) is 1.92. The van der Waals surface area contributed by atoms with E-state index in [0.717, 1.165) is 11.3 Å². The van der Waals surface area contributed by atoms with Crippen LogP contribution in [-0.2, 0) is 0 Å². The van der Waals surface area contributed by atoms with Gasteiger partial charge in [0.2, 0.25) is 0 Å². The second-order valence-corrected chi connectivity index (χ2v) is 5.44. The lowest BCUT2D eigenvalue weighted by Crippen LogP contribution is -2.20. The summed E-state index contributed by atoms with van der Waals surface area (Å²) in [6, 6.07) is 9.74. The van der Waals surface area contributed by atoms with Gasteiger partial charge in [-0.3, -0.25) is 0 Å². The minimum Gasteiger partial charge on any atom is -0.332 e. The molecule has 0 radical (unpaired) electrons. The van der Waals surface area contributed by atoms with Crippen LogP contribution in [-0.4, -0.2) is 5.11 Å². The van der Waals surface area contributed by atoms with E-state index in [4.69, 9.17) is 35.4 Å². The van der Waals surface area contributed by atoms with Crippen LogP contribution in [0.1, 0.15) is 5.56 Å². The van der Waals surface area contributed by atoms with Gasteiger partial charge in [-0.2, -0.15) is 0 Å². The Labute approximate surface area is 131 Å². The predicted molar refractivity (Wildman–Crippen MR) is 87.4 cm³/mol. The summed E-state index contributed by atoms with van der Waals surface area (Å²) in [5.74, 6) is -0.468. The van der Waals surface area contributed by atoms with Crippen molar-refractivity contribution in [3.8, 4) is 0 Å². The van der Waals surface area contributed by atoms with Gasteiger partial charge in [0.1, 0.15) is 5.82 Å². The highest BCUT2D eigenvalue weighted by Gasteiger charge is 2.06. The van der Waals surface area contributed by atoms with Crippen LogP contribution < -0.4 is 10.6 Å². The third-order valence-electron chi connectivity index (χ3n) is 2.63. The van der Waals surface area contributed by atoms with Crippen molar-refractivity contribution in [2.45, 2.75) is 6.92 Å². The highest BCUT2D eigenvalue weighted by atomic mass is 35.5.